The summed E-state index contributed by atoms with van der Waals surface area (Å²) in [5.74, 6) is 0.182. The van der Waals surface area contributed by atoms with Gasteiger partial charge in [-0.05, 0) is 27.2 Å². The lowest BCUT2D eigenvalue weighted by atomic mass is 10.2. The van der Waals surface area contributed by atoms with Crippen LogP contribution >= 0.6 is 0 Å². The number of carbonyl (C=O) groups is 3. The van der Waals surface area contributed by atoms with E-state index in [0.717, 1.165) is 13.1 Å². The van der Waals surface area contributed by atoms with Crippen LogP contribution in [0.15, 0.2) is 0 Å². The van der Waals surface area contributed by atoms with Gasteiger partial charge in [0.25, 0.3) is 0 Å². The molecule has 2 aliphatic heterocycles. The molecule has 9 heteroatoms. The molecule has 0 radical (unpaired) electrons. The molecule has 3 amide bonds. The number of alkyl carbamates (subject to hydrolysis) is 1. The Morgan fingerprint density at radius 3 is 2.07 bits per heavy atom. The SMILES string of the molecule is CC(C)(C)OC(=O)NCCCC(=O)N1CCN(C(=O)CN2CCOCC2)CC1. The van der Waals surface area contributed by atoms with E-state index in [1.807, 2.05) is 4.90 Å². The van der Waals surface area contributed by atoms with Gasteiger partial charge in [0.1, 0.15) is 5.60 Å². The van der Waals surface area contributed by atoms with Crippen molar-refractivity contribution in [3.63, 3.8) is 0 Å². The monoisotopic (exact) mass is 398 g/mol. The second-order valence-corrected chi connectivity index (χ2v) is 8.18. The lowest BCUT2D eigenvalue weighted by Gasteiger charge is -2.36. The van der Waals surface area contributed by atoms with Gasteiger partial charge in [0, 0.05) is 52.2 Å². The summed E-state index contributed by atoms with van der Waals surface area (Å²) in [5, 5.41) is 2.66. The van der Waals surface area contributed by atoms with E-state index in [1.165, 1.54) is 0 Å². The van der Waals surface area contributed by atoms with Crippen molar-refractivity contribution < 1.29 is 23.9 Å². The summed E-state index contributed by atoms with van der Waals surface area (Å²) in [6.45, 7) is 11.5. The first-order chi connectivity index (χ1) is 13.2. The number of nitrogens with zero attached hydrogens (tertiary/aromatic N) is 3. The van der Waals surface area contributed by atoms with Crippen LogP contribution in [-0.4, -0.2) is 104 Å². The highest BCUT2D eigenvalue weighted by Gasteiger charge is 2.25. The summed E-state index contributed by atoms with van der Waals surface area (Å²) in [6.07, 6.45) is 0.471. The molecular formula is C19H34N4O5. The number of hydrogen-bond donors (Lipinski definition) is 1. The summed E-state index contributed by atoms with van der Waals surface area (Å²) >= 11 is 0. The van der Waals surface area contributed by atoms with E-state index in [0.29, 0.717) is 65.3 Å². The average molecular weight is 399 g/mol. The Morgan fingerprint density at radius 2 is 1.50 bits per heavy atom. The van der Waals surface area contributed by atoms with Crippen molar-refractivity contribution >= 4 is 17.9 Å². The van der Waals surface area contributed by atoms with E-state index >= 15 is 0 Å². The van der Waals surface area contributed by atoms with Gasteiger partial charge >= 0.3 is 6.09 Å². The van der Waals surface area contributed by atoms with Crippen LogP contribution in [0.5, 0.6) is 0 Å². The van der Waals surface area contributed by atoms with Crippen LogP contribution in [0.3, 0.4) is 0 Å². The normalized spacial score (nSPS) is 18.7. The molecule has 2 rings (SSSR count). The van der Waals surface area contributed by atoms with Crippen molar-refractivity contribution in [1.82, 2.24) is 20.0 Å². The molecule has 160 valence electrons. The predicted octanol–water partition coefficient (Wildman–Crippen LogP) is 0.294. The fourth-order valence-corrected chi connectivity index (χ4v) is 3.16. The maximum atomic E-state index is 12.4. The van der Waals surface area contributed by atoms with Gasteiger partial charge in [0.05, 0.1) is 19.8 Å². The maximum absolute atomic E-state index is 12.4. The van der Waals surface area contributed by atoms with Crippen LogP contribution in [0.1, 0.15) is 33.6 Å². The molecule has 2 heterocycles. The lowest BCUT2D eigenvalue weighted by molar-refractivity contribution is -0.140. The molecular weight excluding hydrogens is 364 g/mol. The first-order valence-corrected chi connectivity index (χ1v) is 10.1. The Hall–Kier alpha value is -1.87. The molecule has 0 aromatic heterocycles. The van der Waals surface area contributed by atoms with Crippen LogP contribution in [0.2, 0.25) is 0 Å². The average Bonchev–Trinajstić information content (AvgIpc) is 2.64. The Morgan fingerprint density at radius 1 is 0.929 bits per heavy atom. The topological polar surface area (TPSA) is 91.4 Å². The van der Waals surface area contributed by atoms with Gasteiger partial charge in [0.15, 0.2) is 0 Å². The number of hydrogen-bond acceptors (Lipinski definition) is 6. The molecule has 28 heavy (non-hydrogen) atoms. The summed E-state index contributed by atoms with van der Waals surface area (Å²) in [6, 6.07) is 0. The fourth-order valence-electron chi connectivity index (χ4n) is 3.16. The molecule has 2 aliphatic rings. The van der Waals surface area contributed by atoms with E-state index in [2.05, 4.69) is 10.2 Å². The Bertz CT molecular complexity index is 535. The molecule has 0 bridgehead atoms. The van der Waals surface area contributed by atoms with Gasteiger partial charge in [-0.25, -0.2) is 4.79 Å². The zero-order valence-electron chi connectivity index (χ0n) is 17.4. The highest BCUT2D eigenvalue weighted by atomic mass is 16.6. The molecule has 0 spiro atoms. The van der Waals surface area contributed by atoms with E-state index < -0.39 is 11.7 Å². The van der Waals surface area contributed by atoms with Crippen molar-refractivity contribution in [3.05, 3.63) is 0 Å². The van der Waals surface area contributed by atoms with Crippen molar-refractivity contribution in [1.29, 1.82) is 0 Å². The van der Waals surface area contributed by atoms with Crippen LogP contribution in [0.25, 0.3) is 0 Å². The van der Waals surface area contributed by atoms with Gasteiger partial charge < -0.3 is 24.6 Å². The van der Waals surface area contributed by atoms with Crippen LogP contribution < -0.4 is 5.32 Å². The third kappa shape index (κ3) is 8.02. The molecule has 0 aliphatic carbocycles. The Labute approximate surface area is 167 Å². The maximum Gasteiger partial charge on any atom is 0.407 e. The second kappa shape index (κ2) is 10.6. The van der Waals surface area contributed by atoms with Crippen molar-refractivity contribution in [3.8, 4) is 0 Å². The third-order valence-corrected chi connectivity index (χ3v) is 4.68. The molecule has 2 saturated heterocycles. The molecule has 0 aromatic rings. The van der Waals surface area contributed by atoms with Gasteiger partial charge in [0.2, 0.25) is 11.8 Å². The molecule has 1 N–H and O–H groups in total. The van der Waals surface area contributed by atoms with E-state index in [4.69, 9.17) is 9.47 Å². The molecule has 0 atom stereocenters. The van der Waals surface area contributed by atoms with Gasteiger partial charge in [-0.2, -0.15) is 0 Å². The van der Waals surface area contributed by atoms with Crippen LogP contribution in [0, 0.1) is 0 Å². The smallest absolute Gasteiger partial charge is 0.407 e. The molecule has 0 aromatic carbocycles. The largest absolute Gasteiger partial charge is 0.444 e. The molecule has 9 nitrogen and oxygen atoms in total. The van der Waals surface area contributed by atoms with Gasteiger partial charge in [-0.15, -0.1) is 0 Å². The van der Waals surface area contributed by atoms with E-state index in [1.54, 1.807) is 25.7 Å². The zero-order valence-corrected chi connectivity index (χ0v) is 17.4. The second-order valence-electron chi connectivity index (χ2n) is 8.18. The van der Waals surface area contributed by atoms with Gasteiger partial charge in [-0.1, -0.05) is 0 Å². The summed E-state index contributed by atoms with van der Waals surface area (Å²) < 4.78 is 10.5. The molecule has 2 fully saturated rings. The fraction of sp³-hybridized carbons (Fsp3) is 0.842. The summed E-state index contributed by atoms with van der Waals surface area (Å²) in [7, 11) is 0. The minimum Gasteiger partial charge on any atom is -0.444 e. The highest BCUT2D eigenvalue weighted by molar-refractivity contribution is 5.79. The van der Waals surface area contributed by atoms with Crippen molar-refractivity contribution in [2.24, 2.45) is 0 Å². The number of piperazine rings is 1. The van der Waals surface area contributed by atoms with Crippen molar-refractivity contribution in [2.75, 3.05) is 65.6 Å². The first kappa shape index (κ1) is 22.4. The highest BCUT2D eigenvalue weighted by Crippen LogP contribution is 2.08. The lowest BCUT2D eigenvalue weighted by Crippen LogP contribution is -2.53. The number of ether oxygens (including phenoxy) is 2. The van der Waals surface area contributed by atoms with Crippen LogP contribution in [0.4, 0.5) is 4.79 Å². The quantitative estimate of drug-likeness (QED) is 0.647. The number of nitrogens with one attached hydrogen (secondary N) is 1. The molecule has 0 unspecified atom stereocenters. The number of rotatable bonds is 6. The summed E-state index contributed by atoms with van der Waals surface area (Å²) in [5.41, 5.74) is -0.529. The predicted molar refractivity (Wildman–Crippen MR) is 104 cm³/mol. The number of amides is 3. The minimum atomic E-state index is -0.529. The number of morpholine rings is 1. The number of carbonyl (C=O) groups excluding carboxylic acids is 3. The summed E-state index contributed by atoms with van der Waals surface area (Å²) in [4.78, 5) is 42.0. The minimum absolute atomic E-state index is 0.0614. The standard InChI is InChI=1S/C19H34N4O5/c1-19(2,3)28-18(26)20-6-4-5-16(24)22-7-9-23(10-8-22)17(25)15-21-11-13-27-14-12-21/h4-15H2,1-3H3,(H,20,26). The zero-order chi connectivity index (χ0) is 20.6. The Balaban J connectivity index is 1.59. The third-order valence-electron chi connectivity index (χ3n) is 4.68. The van der Waals surface area contributed by atoms with Crippen molar-refractivity contribution in [2.45, 2.75) is 39.2 Å². The first-order valence-electron chi connectivity index (χ1n) is 10.1. The van der Waals surface area contributed by atoms with Gasteiger partial charge in [-0.3, -0.25) is 14.5 Å². The van der Waals surface area contributed by atoms with Crippen LogP contribution in [-0.2, 0) is 19.1 Å². The Kier molecular flexibility index (Phi) is 8.50. The molecule has 0 saturated carbocycles. The van der Waals surface area contributed by atoms with E-state index in [9.17, 15) is 14.4 Å². The van der Waals surface area contributed by atoms with E-state index in [-0.39, 0.29) is 11.8 Å².